The number of nitrogens with zero attached hydrogens (tertiary/aromatic N) is 3. The molecule has 3 N–H and O–H groups in total. The lowest BCUT2D eigenvalue weighted by Gasteiger charge is -2.11. The molecule has 0 unspecified atom stereocenters. The molecule has 7 nitrogen and oxygen atoms in total. The monoisotopic (exact) mass is 277 g/mol. The highest BCUT2D eigenvalue weighted by Crippen LogP contribution is 2.32. The highest BCUT2D eigenvalue weighted by atomic mass is 16.6. The maximum Gasteiger partial charge on any atom is 0.132 e. The minimum atomic E-state index is -1.13. The summed E-state index contributed by atoms with van der Waals surface area (Å²) in [6.45, 7) is -0.360. The molecule has 1 aliphatic heterocycles. The van der Waals surface area contributed by atoms with E-state index in [4.69, 9.17) is 9.84 Å². The van der Waals surface area contributed by atoms with E-state index in [0.717, 1.165) is 5.69 Å². The number of hydrogen-bond acceptors (Lipinski definition) is 6. The molecule has 106 valence electrons. The fourth-order valence-corrected chi connectivity index (χ4v) is 2.23. The summed E-state index contributed by atoms with van der Waals surface area (Å²) >= 11 is 0. The minimum Gasteiger partial charge on any atom is -0.394 e. The first-order valence-corrected chi connectivity index (χ1v) is 6.31. The van der Waals surface area contributed by atoms with Gasteiger partial charge >= 0.3 is 0 Å². The molecule has 0 amide bonds. The molecule has 1 aromatic heterocycles. The molecular weight excluding hydrogens is 262 g/mol. The van der Waals surface area contributed by atoms with Crippen molar-refractivity contribution in [3.8, 4) is 5.69 Å². The molecule has 0 saturated carbocycles. The third-order valence-electron chi connectivity index (χ3n) is 3.33. The van der Waals surface area contributed by atoms with Crippen LogP contribution in [0.1, 0.15) is 11.8 Å². The number of aliphatic hydroxyl groups excluding tert-OH is 3. The van der Waals surface area contributed by atoms with Crippen molar-refractivity contribution in [1.82, 2.24) is 15.0 Å². The Bertz CT molecular complexity index is 574. The lowest BCUT2D eigenvalue weighted by molar-refractivity contribution is -0.0240. The smallest absolute Gasteiger partial charge is 0.132 e. The summed E-state index contributed by atoms with van der Waals surface area (Å²) < 4.78 is 5.40. The van der Waals surface area contributed by atoms with Gasteiger partial charge in [0.2, 0.25) is 0 Å². The molecule has 0 spiro atoms. The summed E-state index contributed by atoms with van der Waals surface area (Å²) in [7, 11) is 0. The summed E-state index contributed by atoms with van der Waals surface area (Å²) in [5.41, 5.74) is 1.20. The van der Waals surface area contributed by atoms with Crippen LogP contribution in [0.2, 0.25) is 0 Å². The Kier molecular flexibility index (Phi) is 3.49. The van der Waals surface area contributed by atoms with Crippen LogP contribution in [0.3, 0.4) is 0 Å². The highest BCUT2D eigenvalue weighted by Gasteiger charge is 2.44. The minimum absolute atomic E-state index is 0.360. The topological polar surface area (TPSA) is 101 Å². The van der Waals surface area contributed by atoms with Gasteiger partial charge in [0, 0.05) is 0 Å². The molecule has 2 heterocycles. The van der Waals surface area contributed by atoms with Gasteiger partial charge in [-0.05, 0) is 12.1 Å². The average molecular weight is 277 g/mol. The maximum absolute atomic E-state index is 9.93. The molecule has 3 rings (SSSR count). The fourth-order valence-electron chi connectivity index (χ4n) is 2.23. The Morgan fingerprint density at radius 1 is 1.15 bits per heavy atom. The summed E-state index contributed by atoms with van der Waals surface area (Å²) in [6, 6.07) is 9.32. The van der Waals surface area contributed by atoms with Crippen LogP contribution in [0, 0.1) is 0 Å². The van der Waals surface area contributed by atoms with Crippen molar-refractivity contribution in [3.05, 3.63) is 42.2 Å². The number of aliphatic hydroxyl groups is 3. The first-order valence-electron chi connectivity index (χ1n) is 6.31. The Hall–Kier alpha value is -1.80. The van der Waals surface area contributed by atoms with Gasteiger partial charge in [0.1, 0.15) is 30.1 Å². The van der Waals surface area contributed by atoms with Crippen molar-refractivity contribution in [2.45, 2.75) is 24.4 Å². The second-order valence-electron chi connectivity index (χ2n) is 4.65. The zero-order valence-electron chi connectivity index (χ0n) is 10.6. The predicted molar refractivity (Wildman–Crippen MR) is 68.1 cm³/mol. The third-order valence-corrected chi connectivity index (χ3v) is 3.33. The Morgan fingerprint density at radius 2 is 1.90 bits per heavy atom. The Balaban J connectivity index is 1.84. The zero-order chi connectivity index (χ0) is 14.1. The molecule has 1 saturated heterocycles. The molecule has 20 heavy (non-hydrogen) atoms. The van der Waals surface area contributed by atoms with Gasteiger partial charge in [0.15, 0.2) is 0 Å². The first kappa shape index (κ1) is 13.2. The Labute approximate surface area is 115 Å². The van der Waals surface area contributed by atoms with Crippen molar-refractivity contribution in [2.75, 3.05) is 6.61 Å². The van der Waals surface area contributed by atoms with E-state index in [1.807, 2.05) is 30.3 Å². The number of hydrogen-bond donors (Lipinski definition) is 3. The van der Waals surface area contributed by atoms with Crippen molar-refractivity contribution < 1.29 is 20.1 Å². The van der Waals surface area contributed by atoms with Crippen molar-refractivity contribution in [3.63, 3.8) is 0 Å². The van der Waals surface area contributed by atoms with Gasteiger partial charge in [-0.1, -0.05) is 18.2 Å². The van der Waals surface area contributed by atoms with Crippen LogP contribution in [-0.4, -0.2) is 55.2 Å². The SMILES string of the molecule is OC[C@H]1O[C@H](c2cnn(-c3ccccc3)n2)[C@@H](O)[C@H]1O. The van der Waals surface area contributed by atoms with Crippen LogP contribution in [0.4, 0.5) is 0 Å². The molecular formula is C13H15N3O4. The third kappa shape index (κ3) is 2.20. The van der Waals surface area contributed by atoms with E-state index in [2.05, 4.69) is 10.2 Å². The molecule has 4 atom stereocenters. The van der Waals surface area contributed by atoms with E-state index in [0.29, 0.717) is 5.69 Å². The second-order valence-corrected chi connectivity index (χ2v) is 4.65. The number of benzene rings is 1. The van der Waals surface area contributed by atoms with Crippen molar-refractivity contribution in [2.24, 2.45) is 0 Å². The molecule has 0 aliphatic carbocycles. The van der Waals surface area contributed by atoms with Crippen LogP contribution in [0.15, 0.2) is 36.5 Å². The second kappa shape index (κ2) is 5.29. The molecule has 0 radical (unpaired) electrons. The summed E-state index contributed by atoms with van der Waals surface area (Å²) in [6.07, 6.45) is -2.38. The fraction of sp³-hybridized carbons (Fsp3) is 0.385. The number of rotatable bonds is 3. The van der Waals surface area contributed by atoms with Crippen LogP contribution in [-0.2, 0) is 4.74 Å². The van der Waals surface area contributed by atoms with Gasteiger partial charge < -0.3 is 20.1 Å². The van der Waals surface area contributed by atoms with E-state index >= 15 is 0 Å². The average Bonchev–Trinajstić information content (AvgIpc) is 3.07. The molecule has 0 bridgehead atoms. The van der Waals surface area contributed by atoms with Gasteiger partial charge in [-0.15, -0.1) is 0 Å². The summed E-state index contributed by atoms with van der Waals surface area (Å²) in [4.78, 5) is 1.42. The van der Waals surface area contributed by atoms with E-state index in [9.17, 15) is 10.2 Å². The van der Waals surface area contributed by atoms with Crippen molar-refractivity contribution in [1.29, 1.82) is 0 Å². The van der Waals surface area contributed by atoms with E-state index in [-0.39, 0.29) is 6.61 Å². The highest BCUT2D eigenvalue weighted by molar-refractivity contribution is 5.28. The van der Waals surface area contributed by atoms with Gasteiger partial charge in [-0.3, -0.25) is 0 Å². The van der Waals surface area contributed by atoms with Crippen LogP contribution in [0.25, 0.3) is 5.69 Å². The quantitative estimate of drug-likeness (QED) is 0.694. The summed E-state index contributed by atoms with van der Waals surface area (Å²) in [5.74, 6) is 0. The van der Waals surface area contributed by atoms with Gasteiger partial charge in [0.05, 0.1) is 18.5 Å². The van der Waals surface area contributed by atoms with Crippen LogP contribution < -0.4 is 0 Å². The lowest BCUT2D eigenvalue weighted by atomic mass is 10.1. The molecule has 1 aromatic carbocycles. The molecule has 1 aliphatic rings. The van der Waals surface area contributed by atoms with Gasteiger partial charge in [-0.2, -0.15) is 15.0 Å². The van der Waals surface area contributed by atoms with Crippen LogP contribution in [0.5, 0.6) is 0 Å². The zero-order valence-corrected chi connectivity index (χ0v) is 10.6. The normalized spacial score (nSPS) is 29.8. The molecule has 7 heteroatoms. The van der Waals surface area contributed by atoms with E-state index in [1.165, 1.54) is 11.0 Å². The maximum atomic E-state index is 9.93. The predicted octanol–water partition coefficient (Wildman–Crippen LogP) is -0.579. The van der Waals surface area contributed by atoms with E-state index in [1.54, 1.807) is 0 Å². The largest absolute Gasteiger partial charge is 0.394 e. The standard InChI is InChI=1S/C13H15N3O4/c17-7-10-11(18)12(19)13(20-10)9-6-14-16(15-9)8-4-2-1-3-5-8/h1-6,10-13,17-19H,7H2/t10-,11+,12+,13-/m1/s1. The van der Waals surface area contributed by atoms with Crippen LogP contribution >= 0.6 is 0 Å². The lowest BCUT2D eigenvalue weighted by Crippen LogP contribution is -2.32. The Morgan fingerprint density at radius 3 is 2.55 bits per heavy atom. The van der Waals surface area contributed by atoms with Gasteiger partial charge in [0.25, 0.3) is 0 Å². The molecule has 1 fully saturated rings. The van der Waals surface area contributed by atoms with Crippen molar-refractivity contribution >= 4 is 0 Å². The number of aromatic nitrogens is 3. The van der Waals surface area contributed by atoms with E-state index < -0.39 is 24.4 Å². The molecule has 2 aromatic rings. The number of para-hydroxylation sites is 1. The van der Waals surface area contributed by atoms with Gasteiger partial charge in [-0.25, -0.2) is 0 Å². The number of ether oxygens (including phenoxy) is 1. The first-order chi connectivity index (χ1) is 9.70. The summed E-state index contributed by atoms with van der Waals surface area (Å²) in [5, 5.41) is 37.1.